The van der Waals surface area contributed by atoms with Gasteiger partial charge in [-0.25, -0.2) is 0 Å². The van der Waals surface area contributed by atoms with Crippen molar-refractivity contribution in [1.82, 2.24) is 9.88 Å². The van der Waals surface area contributed by atoms with Crippen LogP contribution in [0.25, 0.3) is 0 Å². The molecule has 1 amide bonds. The van der Waals surface area contributed by atoms with Crippen LogP contribution in [0.1, 0.15) is 38.2 Å². The number of nitrogens with one attached hydrogen (secondary N) is 1. The molecule has 0 aliphatic rings. The lowest BCUT2D eigenvalue weighted by Crippen LogP contribution is -2.57. The minimum absolute atomic E-state index is 0.203. The first kappa shape index (κ1) is 14.3. The third-order valence-electron chi connectivity index (χ3n) is 3.16. The number of aliphatic hydroxyl groups is 1. The van der Waals surface area contributed by atoms with E-state index in [2.05, 4.69) is 21.2 Å². The molecule has 4 nitrogen and oxygen atoms in total. The van der Waals surface area contributed by atoms with E-state index in [1.165, 1.54) is 0 Å². The first-order valence-electron chi connectivity index (χ1n) is 5.41. The third-order valence-corrected chi connectivity index (χ3v) is 3.59. The van der Waals surface area contributed by atoms with Gasteiger partial charge in [0.25, 0.3) is 5.91 Å². The summed E-state index contributed by atoms with van der Waals surface area (Å²) in [7, 11) is 1.80. The Morgan fingerprint density at radius 3 is 2.29 bits per heavy atom. The van der Waals surface area contributed by atoms with E-state index >= 15 is 0 Å². The van der Waals surface area contributed by atoms with E-state index in [1.54, 1.807) is 45.4 Å². The molecule has 0 aromatic carbocycles. The summed E-state index contributed by atoms with van der Waals surface area (Å²) in [6.07, 6.45) is 1.81. The molecule has 0 saturated heterocycles. The minimum atomic E-state index is -0.995. The zero-order chi connectivity index (χ0) is 13.4. The molecule has 0 atom stereocenters. The van der Waals surface area contributed by atoms with E-state index in [0.29, 0.717) is 5.69 Å². The number of rotatable bonds is 3. The van der Waals surface area contributed by atoms with Crippen LogP contribution in [0.15, 0.2) is 16.7 Å². The van der Waals surface area contributed by atoms with Crippen molar-refractivity contribution in [2.24, 2.45) is 7.05 Å². The number of aromatic nitrogens is 1. The van der Waals surface area contributed by atoms with Crippen LogP contribution in [0.4, 0.5) is 0 Å². The van der Waals surface area contributed by atoms with Gasteiger partial charge in [0, 0.05) is 17.7 Å². The molecule has 1 aromatic rings. The van der Waals surface area contributed by atoms with Gasteiger partial charge < -0.3 is 15.0 Å². The number of hydrogen-bond donors (Lipinski definition) is 2. The second-order valence-electron chi connectivity index (χ2n) is 5.29. The van der Waals surface area contributed by atoms with Crippen LogP contribution in [-0.4, -0.2) is 26.7 Å². The summed E-state index contributed by atoms with van der Waals surface area (Å²) < 4.78 is 2.59. The molecule has 0 radical (unpaired) electrons. The number of carbonyl (C=O) groups is 1. The first-order chi connectivity index (χ1) is 7.54. The highest BCUT2D eigenvalue weighted by Crippen LogP contribution is 2.22. The summed E-state index contributed by atoms with van der Waals surface area (Å²) >= 11 is 3.32. The smallest absolute Gasteiger partial charge is 0.268 e. The number of carbonyl (C=O) groups excluding carboxylic acids is 1. The van der Waals surface area contributed by atoms with E-state index in [1.807, 2.05) is 6.20 Å². The second-order valence-corrected chi connectivity index (χ2v) is 6.21. The average molecular weight is 303 g/mol. The van der Waals surface area contributed by atoms with Gasteiger partial charge in [0.15, 0.2) is 0 Å². The lowest BCUT2D eigenvalue weighted by molar-refractivity contribution is -0.00308. The van der Waals surface area contributed by atoms with Crippen molar-refractivity contribution in [1.29, 1.82) is 0 Å². The maximum atomic E-state index is 12.1. The van der Waals surface area contributed by atoms with E-state index < -0.39 is 11.1 Å². The number of hydrogen-bond acceptors (Lipinski definition) is 2. The largest absolute Gasteiger partial charge is 0.388 e. The number of aryl methyl sites for hydroxylation is 1. The van der Waals surface area contributed by atoms with Crippen LogP contribution in [0.5, 0.6) is 0 Å². The molecule has 5 heteroatoms. The topological polar surface area (TPSA) is 54.3 Å². The molecule has 0 unspecified atom stereocenters. The fourth-order valence-corrected chi connectivity index (χ4v) is 1.77. The summed E-state index contributed by atoms with van der Waals surface area (Å²) in [4.78, 5) is 12.1. The van der Waals surface area contributed by atoms with E-state index in [-0.39, 0.29) is 5.91 Å². The SMILES string of the molecule is Cn1cc(Br)cc1C(=O)NC(C)(C)C(C)(C)O. The van der Waals surface area contributed by atoms with Gasteiger partial charge in [-0.2, -0.15) is 0 Å². The molecule has 0 aliphatic carbocycles. The first-order valence-corrected chi connectivity index (χ1v) is 6.20. The predicted molar refractivity (Wildman–Crippen MR) is 71.0 cm³/mol. The molecule has 0 saturated carbocycles. The van der Waals surface area contributed by atoms with Gasteiger partial charge in [-0.05, 0) is 49.7 Å². The maximum Gasteiger partial charge on any atom is 0.268 e. The fraction of sp³-hybridized carbons (Fsp3) is 0.583. The molecule has 17 heavy (non-hydrogen) atoms. The van der Waals surface area contributed by atoms with Gasteiger partial charge in [0.05, 0.1) is 11.1 Å². The van der Waals surface area contributed by atoms with Crippen LogP contribution in [0.3, 0.4) is 0 Å². The summed E-state index contributed by atoms with van der Waals surface area (Å²) in [6.45, 7) is 6.94. The predicted octanol–water partition coefficient (Wildman–Crippen LogP) is 2.07. The van der Waals surface area contributed by atoms with E-state index in [0.717, 1.165) is 4.47 Å². The van der Waals surface area contributed by atoms with Gasteiger partial charge in [0.1, 0.15) is 5.69 Å². The molecule has 0 bridgehead atoms. The lowest BCUT2D eigenvalue weighted by atomic mass is 9.86. The Hall–Kier alpha value is -0.810. The molecule has 1 rings (SSSR count). The quantitative estimate of drug-likeness (QED) is 0.898. The molecule has 1 heterocycles. The maximum absolute atomic E-state index is 12.1. The van der Waals surface area contributed by atoms with Crippen LogP contribution in [0, 0.1) is 0 Å². The Bertz CT molecular complexity index is 430. The molecule has 0 fully saturated rings. The highest BCUT2D eigenvalue weighted by atomic mass is 79.9. The van der Waals surface area contributed by atoms with Crippen molar-refractivity contribution in [3.05, 3.63) is 22.4 Å². The highest BCUT2D eigenvalue weighted by molar-refractivity contribution is 9.10. The standard InChI is InChI=1S/C12H19BrN2O2/c1-11(2,12(3,4)17)14-10(16)9-6-8(13)7-15(9)5/h6-7,17H,1-5H3,(H,14,16). The minimum Gasteiger partial charge on any atom is -0.388 e. The van der Waals surface area contributed by atoms with E-state index in [9.17, 15) is 9.90 Å². The molecular formula is C12H19BrN2O2. The monoisotopic (exact) mass is 302 g/mol. The van der Waals surface area contributed by atoms with Crippen molar-refractivity contribution in [3.63, 3.8) is 0 Å². The third kappa shape index (κ3) is 3.10. The number of nitrogens with zero attached hydrogens (tertiary/aromatic N) is 1. The van der Waals surface area contributed by atoms with Crippen molar-refractivity contribution >= 4 is 21.8 Å². The Morgan fingerprint density at radius 1 is 1.41 bits per heavy atom. The van der Waals surface area contributed by atoms with Crippen LogP contribution in [-0.2, 0) is 7.05 Å². The molecule has 0 spiro atoms. The highest BCUT2D eigenvalue weighted by Gasteiger charge is 2.36. The van der Waals surface area contributed by atoms with E-state index in [4.69, 9.17) is 0 Å². The summed E-state index contributed by atoms with van der Waals surface area (Å²) in [5.41, 5.74) is -1.15. The fourth-order valence-electron chi connectivity index (χ4n) is 1.25. The summed E-state index contributed by atoms with van der Waals surface area (Å²) in [5, 5.41) is 12.8. The zero-order valence-electron chi connectivity index (χ0n) is 10.8. The number of halogens is 1. The average Bonchev–Trinajstić information content (AvgIpc) is 2.42. The van der Waals surface area contributed by atoms with Crippen molar-refractivity contribution in [2.75, 3.05) is 0 Å². The van der Waals surface area contributed by atoms with Crippen LogP contribution >= 0.6 is 15.9 Å². The van der Waals surface area contributed by atoms with Gasteiger partial charge in [-0.1, -0.05) is 0 Å². The van der Waals surface area contributed by atoms with Gasteiger partial charge in [-0.15, -0.1) is 0 Å². The summed E-state index contributed by atoms with van der Waals surface area (Å²) in [6, 6.07) is 1.75. The molecule has 2 N–H and O–H groups in total. The number of amides is 1. The van der Waals surface area contributed by atoms with Crippen LogP contribution < -0.4 is 5.32 Å². The van der Waals surface area contributed by atoms with Crippen molar-refractivity contribution < 1.29 is 9.90 Å². The molecule has 96 valence electrons. The van der Waals surface area contributed by atoms with Gasteiger partial charge in [0.2, 0.25) is 0 Å². The summed E-state index contributed by atoms with van der Waals surface area (Å²) in [5.74, 6) is -0.203. The molecular weight excluding hydrogens is 284 g/mol. The second kappa shape index (κ2) is 4.46. The van der Waals surface area contributed by atoms with Gasteiger partial charge in [-0.3, -0.25) is 4.79 Å². The van der Waals surface area contributed by atoms with Crippen molar-refractivity contribution in [3.8, 4) is 0 Å². The Labute approximate surface area is 110 Å². The normalized spacial score (nSPS) is 12.6. The van der Waals surface area contributed by atoms with Crippen LogP contribution in [0.2, 0.25) is 0 Å². The Morgan fingerprint density at radius 2 is 1.94 bits per heavy atom. The Kier molecular flexibility index (Phi) is 3.74. The van der Waals surface area contributed by atoms with Crippen molar-refractivity contribution in [2.45, 2.75) is 38.8 Å². The lowest BCUT2D eigenvalue weighted by Gasteiger charge is -2.37. The Balaban J connectivity index is 2.91. The van der Waals surface area contributed by atoms with Gasteiger partial charge >= 0.3 is 0 Å². The molecule has 0 aliphatic heterocycles. The molecule has 1 aromatic heterocycles. The zero-order valence-corrected chi connectivity index (χ0v) is 12.4.